The van der Waals surface area contributed by atoms with Gasteiger partial charge in [-0.15, -0.1) is 0 Å². The third-order valence-electron chi connectivity index (χ3n) is 15.9. The van der Waals surface area contributed by atoms with Crippen molar-refractivity contribution in [1.29, 1.82) is 0 Å². The molecule has 21 atom stereocenters. The number of aliphatic hydroxyl groups excluding tert-OH is 6. The van der Waals surface area contributed by atoms with E-state index in [1.807, 2.05) is 13.8 Å². The summed E-state index contributed by atoms with van der Waals surface area (Å²) >= 11 is 0. The quantitative estimate of drug-likeness (QED) is 0.108. The van der Waals surface area contributed by atoms with Crippen LogP contribution >= 0.6 is 0 Å². The monoisotopic (exact) mass is 856 g/mol. The molecule has 0 aromatic heterocycles. The Balaban J connectivity index is 0.957. The van der Waals surface area contributed by atoms with Crippen molar-refractivity contribution in [3.63, 3.8) is 0 Å². The Morgan fingerprint density at radius 3 is 2.30 bits per heavy atom. The van der Waals surface area contributed by atoms with Gasteiger partial charge in [-0.2, -0.15) is 0 Å². The highest BCUT2D eigenvalue weighted by Gasteiger charge is 2.66. The number of aromatic hydroxyl groups is 1. The first-order valence-corrected chi connectivity index (χ1v) is 22.1. The lowest BCUT2D eigenvalue weighted by molar-refractivity contribution is -0.369. The van der Waals surface area contributed by atoms with E-state index in [0.717, 1.165) is 37.7 Å². The molecule has 15 heteroatoms. The standard InChI is InChI=1S/C46H64O15/c1-21(2)16-29-22(3)34-32(58-42(29)55)18-31-28-11-8-25-17-27(12-14-45(25,5)30(28)13-15-46(31,34)20-48)57-44-40(36(51)35(50)33(19-47)59-44)61-43-38(53)37(52)39(23(4)56-43)60-41(54)24-6-9-26(49)10-7-24/h6-10,16,20,22-23,27-40,42-44,47,49-53,55H,11-15,17-19H2,1-5H3/t22-,23-,27+,28-,29-,30-,31+,32-,33-,34+,35-,36+,37-,38-,39-,40-,42-,43+,44-,45-,46-/m0/s1. The third-order valence-corrected chi connectivity index (χ3v) is 15.9. The van der Waals surface area contributed by atoms with Crippen LogP contribution < -0.4 is 0 Å². The number of ether oxygens (including phenoxy) is 6. The molecule has 0 bridgehead atoms. The molecule has 1 aromatic rings. The second-order valence-electron chi connectivity index (χ2n) is 19.5. The molecular formula is C46H64O15. The molecule has 0 amide bonds. The molecule has 0 unspecified atom stereocenters. The SMILES string of the molecule is CC(C)=C[C@H]1[C@H](C)[C@@H]2[C@H](C[C@@H]3[C@H]4CC=C5C[C@H](O[C@H]6O[C@@H](CO)[C@H](O)[C@@H](O)[C@@H]6O[C@H]6O[C@@H](C)[C@H](OC(=O)c7ccc(O)cc7)[C@@H](O)[C@@H]6O)CC[C@]5(C)[C@H]4CC[C@@]23C=O)O[C@@H]1O. The number of phenols is 1. The van der Waals surface area contributed by atoms with Gasteiger partial charge in [0.2, 0.25) is 0 Å². The van der Waals surface area contributed by atoms with E-state index in [9.17, 15) is 45.3 Å². The van der Waals surface area contributed by atoms with Crippen molar-refractivity contribution in [2.24, 2.45) is 46.3 Å². The van der Waals surface area contributed by atoms with Gasteiger partial charge < -0.3 is 69.0 Å². The van der Waals surface area contributed by atoms with Gasteiger partial charge in [0.15, 0.2) is 25.0 Å². The van der Waals surface area contributed by atoms with E-state index in [2.05, 4.69) is 26.0 Å². The summed E-state index contributed by atoms with van der Waals surface area (Å²) < 4.78 is 36.4. The molecule has 3 aliphatic heterocycles. The van der Waals surface area contributed by atoms with E-state index in [0.29, 0.717) is 18.8 Å². The highest BCUT2D eigenvalue weighted by Crippen LogP contribution is 2.68. The highest BCUT2D eigenvalue weighted by atomic mass is 16.8. The Morgan fingerprint density at radius 1 is 0.885 bits per heavy atom. The zero-order valence-electron chi connectivity index (χ0n) is 35.6. The number of hydrogen-bond donors (Lipinski definition) is 7. The molecule has 6 fully saturated rings. The average Bonchev–Trinajstić information content (AvgIpc) is 3.57. The van der Waals surface area contributed by atoms with E-state index in [1.54, 1.807) is 0 Å². The molecule has 0 spiro atoms. The van der Waals surface area contributed by atoms with E-state index in [-0.39, 0.29) is 52.4 Å². The van der Waals surface area contributed by atoms with Gasteiger partial charge in [-0.3, -0.25) is 0 Å². The van der Waals surface area contributed by atoms with Gasteiger partial charge in [-0.05, 0) is 119 Å². The van der Waals surface area contributed by atoms with Crippen LogP contribution in [0.5, 0.6) is 5.75 Å². The number of fused-ring (bicyclic) bond motifs is 7. The molecule has 338 valence electrons. The first kappa shape index (κ1) is 44.8. The van der Waals surface area contributed by atoms with Gasteiger partial charge in [0, 0.05) is 17.3 Å². The van der Waals surface area contributed by atoms with Crippen LogP contribution in [0, 0.1) is 46.3 Å². The van der Waals surface area contributed by atoms with E-state index < -0.39 is 91.8 Å². The summed E-state index contributed by atoms with van der Waals surface area (Å²) in [6, 6.07) is 5.33. The number of carbonyl (C=O) groups excluding carboxylic acids is 2. The summed E-state index contributed by atoms with van der Waals surface area (Å²) in [6.45, 7) is 9.45. The minimum absolute atomic E-state index is 0.0340. The molecule has 7 aliphatic rings. The molecular weight excluding hydrogens is 792 g/mol. The zero-order valence-corrected chi connectivity index (χ0v) is 35.6. The number of aldehydes is 1. The van der Waals surface area contributed by atoms with Gasteiger partial charge >= 0.3 is 5.97 Å². The van der Waals surface area contributed by atoms with Crippen molar-refractivity contribution in [2.75, 3.05) is 6.61 Å². The maximum atomic E-state index is 13.3. The fraction of sp³-hybridized carbons (Fsp3) is 0.739. The van der Waals surface area contributed by atoms with Gasteiger partial charge in [-0.25, -0.2) is 4.79 Å². The molecule has 7 N–H and O–H groups in total. The van der Waals surface area contributed by atoms with Crippen molar-refractivity contribution in [2.45, 2.75) is 159 Å². The first-order chi connectivity index (χ1) is 29.0. The largest absolute Gasteiger partial charge is 0.508 e. The van der Waals surface area contributed by atoms with Crippen LogP contribution in [0.3, 0.4) is 0 Å². The molecule has 4 aliphatic carbocycles. The Hall–Kier alpha value is -2.80. The lowest BCUT2D eigenvalue weighted by atomic mass is 9.46. The molecule has 8 rings (SSSR count). The average molecular weight is 857 g/mol. The van der Waals surface area contributed by atoms with Gasteiger partial charge in [0.1, 0.15) is 48.7 Å². The predicted octanol–water partition coefficient (Wildman–Crippen LogP) is 2.90. The Bertz CT molecular complexity index is 1820. The second kappa shape index (κ2) is 17.3. The number of benzene rings is 1. The fourth-order valence-electron chi connectivity index (χ4n) is 12.8. The molecule has 61 heavy (non-hydrogen) atoms. The van der Waals surface area contributed by atoms with Crippen LogP contribution in [-0.2, 0) is 33.2 Å². The van der Waals surface area contributed by atoms with E-state index >= 15 is 0 Å². The van der Waals surface area contributed by atoms with Gasteiger partial charge in [0.05, 0.1) is 30.5 Å². The summed E-state index contributed by atoms with van der Waals surface area (Å²) in [5, 5.41) is 75.2. The van der Waals surface area contributed by atoms with Gasteiger partial charge in [-0.1, -0.05) is 37.1 Å². The number of hydrogen-bond acceptors (Lipinski definition) is 15. The predicted molar refractivity (Wildman–Crippen MR) is 215 cm³/mol. The number of carbonyl (C=O) groups is 2. The Labute approximate surface area is 356 Å². The lowest BCUT2D eigenvalue weighted by Gasteiger charge is -2.58. The van der Waals surface area contributed by atoms with E-state index in [1.165, 1.54) is 43.0 Å². The van der Waals surface area contributed by atoms with Crippen LogP contribution in [-0.4, -0.2) is 135 Å². The van der Waals surface area contributed by atoms with Crippen molar-refractivity contribution < 1.29 is 73.8 Å². The van der Waals surface area contributed by atoms with Crippen molar-refractivity contribution in [1.82, 2.24) is 0 Å². The van der Waals surface area contributed by atoms with Crippen molar-refractivity contribution >= 4 is 12.3 Å². The third kappa shape index (κ3) is 7.83. The molecule has 0 radical (unpaired) electrons. The maximum Gasteiger partial charge on any atom is 0.338 e. The molecule has 3 heterocycles. The number of esters is 1. The number of phenolic OH excluding ortho intramolecular Hbond substituents is 1. The minimum Gasteiger partial charge on any atom is -0.508 e. The minimum atomic E-state index is -1.76. The summed E-state index contributed by atoms with van der Waals surface area (Å²) in [7, 11) is 0. The molecule has 3 saturated carbocycles. The first-order valence-electron chi connectivity index (χ1n) is 22.1. The van der Waals surface area contributed by atoms with Crippen molar-refractivity contribution in [3.8, 4) is 5.75 Å². The molecule has 15 nitrogen and oxygen atoms in total. The summed E-state index contributed by atoms with van der Waals surface area (Å²) in [5.74, 6) is -0.149. The number of allylic oxidation sites excluding steroid dienone is 2. The smallest absolute Gasteiger partial charge is 0.338 e. The van der Waals surface area contributed by atoms with Crippen molar-refractivity contribution in [3.05, 3.63) is 53.1 Å². The molecule has 1 aromatic carbocycles. The van der Waals surface area contributed by atoms with Crippen LogP contribution in [0.1, 0.15) is 89.9 Å². The Kier molecular flexibility index (Phi) is 12.7. The normalized spacial score (nSPS) is 48.0. The summed E-state index contributed by atoms with van der Waals surface area (Å²) in [5.41, 5.74) is 1.82. The highest BCUT2D eigenvalue weighted by molar-refractivity contribution is 5.89. The Morgan fingerprint density at radius 2 is 1.61 bits per heavy atom. The van der Waals surface area contributed by atoms with Crippen LogP contribution in [0.4, 0.5) is 0 Å². The van der Waals surface area contributed by atoms with Crippen LogP contribution in [0.2, 0.25) is 0 Å². The lowest BCUT2D eigenvalue weighted by Crippen LogP contribution is -2.64. The van der Waals surface area contributed by atoms with Crippen LogP contribution in [0.25, 0.3) is 0 Å². The number of rotatable bonds is 9. The topological polar surface area (TPSA) is 231 Å². The maximum absolute atomic E-state index is 13.3. The fourth-order valence-corrected chi connectivity index (χ4v) is 12.8. The van der Waals surface area contributed by atoms with Gasteiger partial charge in [0.25, 0.3) is 0 Å². The second-order valence-corrected chi connectivity index (χ2v) is 19.5. The molecule has 3 saturated heterocycles. The summed E-state index contributed by atoms with van der Waals surface area (Å²) in [4.78, 5) is 26.2. The van der Waals surface area contributed by atoms with Crippen LogP contribution in [0.15, 0.2) is 47.6 Å². The zero-order chi connectivity index (χ0) is 43.7. The number of aliphatic hydroxyl groups is 6. The van der Waals surface area contributed by atoms with E-state index in [4.69, 9.17) is 28.4 Å². The summed E-state index contributed by atoms with van der Waals surface area (Å²) in [6.07, 6.45) is -5.06.